The third-order valence-electron chi connectivity index (χ3n) is 5.18. The zero-order valence-electron chi connectivity index (χ0n) is 17.9. The van der Waals surface area contributed by atoms with Crippen LogP contribution in [0.15, 0.2) is 79.5 Å². The minimum absolute atomic E-state index is 0.0232. The van der Waals surface area contributed by atoms with E-state index in [1.807, 2.05) is 42.6 Å². The number of amides is 1. The minimum Gasteiger partial charge on any atom is -0.345 e. The smallest absolute Gasteiger partial charge is 0.254 e. The normalized spacial score (nSPS) is 11.3. The Morgan fingerprint density at radius 2 is 1.73 bits per heavy atom. The Morgan fingerprint density at radius 3 is 2.33 bits per heavy atom. The van der Waals surface area contributed by atoms with Crippen LogP contribution < -0.4 is 0 Å². The SMILES string of the molecule is C=CCN(Cc1cccn1Cc1ccc(F)cc1)C(=O)c1ccc(C(C)(C)C)cc1. The molecule has 0 aliphatic carbocycles. The maximum atomic E-state index is 13.2. The molecule has 0 unspecified atom stereocenters. The van der Waals surface area contributed by atoms with Crippen LogP contribution in [-0.4, -0.2) is 21.9 Å². The third kappa shape index (κ3) is 5.26. The van der Waals surface area contributed by atoms with Gasteiger partial charge in [-0.05, 0) is 52.9 Å². The number of hydrogen-bond donors (Lipinski definition) is 0. The van der Waals surface area contributed by atoms with Gasteiger partial charge in [0.1, 0.15) is 5.82 Å². The Bertz CT molecular complexity index is 995. The second kappa shape index (κ2) is 9.12. The van der Waals surface area contributed by atoms with E-state index in [1.165, 1.54) is 17.7 Å². The van der Waals surface area contributed by atoms with Crippen molar-refractivity contribution in [3.8, 4) is 0 Å². The van der Waals surface area contributed by atoms with E-state index in [1.54, 1.807) is 23.1 Å². The number of hydrogen-bond acceptors (Lipinski definition) is 1. The molecule has 30 heavy (non-hydrogen) atoms. The van der Waals surface area contributed by atoms with Gasteiger partial charge in [-0.25, -0.2) is 4.39 Å². The van der Waals surface area contributed by atoms with Crippen LogP contribution in [0, 0.1) is 5.82 Å². The lowest BCUT2D eigenvalue weighted by Crippen LogP contribution is -2.31. The van der Waals surface area contributed by atoms with Gasteiger partial charge in [0.15, 0.2) is 0 Å². The largest absolute Gasteiger partial charge is 0.345 e. The Hall–Kier alpha value is -3.14. The van der Waals surface area contributed by atoms with Crippen molar-refractivity contribution in [3.05, 3.63) is 108 Å². The van der Waals surface area contributed by atoms with Gasteiger partial charge in [0.05, 0.1) is 6.54 Å². The summed E-state index contributed by atoms with van der Waals surface area (Å²) in [4.78, 5) is 14.9. The van der Waals surface area contributed by atoms with Gasteiger partial charge in [-0.15, -0.1) is 6.58 Å². The number of halogens is 1. The fraction of sp³-hybridized carbons (Fsp3) is 0.269. The highest BCUT2D eigenvalue weighted by atomic mass is 19.1. The second-order valence-electron chi connectivity index (χ2n) is 8.56. The first-order chi connectivity index (χ1) is 14.3. The van der Waals surface area contributed by atoms with Gasteiger partial charge in [-0.3, -0.25) is 4.79 Å². The highest BCUT2D eigenvalue weighted by Gasteiger charge is 2.19. The lowest BCUT2D eigenvalue weighted by Gasteiger charge is -2.23. The highest BCUT2D eigenvalue weighted by molar-refractivity contribution is 5.94. The molecule has 1 aromatic heterocycles. The molecule has 2 aromatic carbocycles. The summed E-state index contributed by atoms with van der Waals surface area (Å²) in [6, 6.07) is 18.3. The fourth-order valence-electron chi connectivity index (χ4n) is 3.40. The number of rotatable bonds is 7. The molecular weight excluding hydrogens is 375 g/mol. The maximum absolute atomic E-state index is 13.2. The summed E-state index contributed by atoms with van der Waals surface area (Å²) < 4.78 is 15.3. The number of carbonyl (C=O) groups excluding carboxylic acids is 1. The standard InChI is InChI=1S/C26H29FN2O/c1-5-16-29(25(30)21-10-12-22(13-11-21)26(2,3)4)19-24-7-6-17-28(24)18-20-8-14-23(27)15-9-20/h5-15,17H,1,16,18-19H2,2-4H3. The van der Waals surface area contributed by atoms with Gasteiger partial charge >= 0.3 is 0 Å². The molecule has 0 bridgehead atoms. The van der Waals surface area contributed by atoms with Crippen LogP contribution in [0.3, 0.4) is 0 Å². The van der Waals surface area contributed by atoms with Crippen molar-refractivity contribution in [3.63, 3.8) is 0 Å². The van der Waals surface area contributed by atoms with Crippen molar-refractivity contribution >= 4 is 5.91 Å². The third-order valence-corrected chi connectivity index (χ3v) is 5.18. The Morgan fingerprint density at radius 1 is 1.07 bits per heavy atom. The molecule has 156 valence electrons. The van der Waals surface area contributed by atoms with Crippen molar-refractivity contribution in [1.82, 2.24) is 9.47 Å². The van der Waals surface area contributed by atoms with Crippen molar-refractivity contribution in [1.29, 1.82) is 0 Å². The van der Waals surface area contributed by atoms with Crippen molar-refractivity contribution < 1.29 is 9.18 Å². The molecule has 3 nitrogen and oxygen atoms in total. The van der Waals surface area contributed by atoms with Crippen molar-refractivity contribution in [2.45, 2.75) is 39.3 Å². The fourth-order valence-corrected chi connectivity index (χ4v) is 3.40. The van der Waals surface area contributed by atoms with Gasteiger partial charge in [0.25, 0.3) is 5.91 Å². The van der Waals surface area contributed by atoms with Crippen LogP contribution in [0.2, 0.25) is 0 Å². The first-order valence-electron chi connectivity index (χ1n) is 10.2. The molecule has 1 amide bonds. The molecule has 3 rings (SSSR count). The van der Waals surface area contributed by atoms with E-state index >= 15 is 0 Å². The molecule has 3 aromatic rings. The van der Waals surface area contributed by atoms with E-state index in [0.717, 1.165) is 11.3 Å². The molecule has 0 atom stereocenters. The van der Waals surface area contributed by atoms with E-state index in [4.69, 9.17) is 0 Å². The summed E-state index contributed by atoms with van der Waals surface area (Å²) in [5.74, 6) is -0.267. The molecule has 4 heteroatoms. The van der Waals surface area contributed by atoms with Crippen LogP contribution in [0.1, 0.15) is 48.0 Å². The van der Waals surface area contributed by atoms with Crippen molar-refractivity contribution in [2.24, 2.45) is 0 Å². The summed E-state index contributed by atoms with van der Waals surface area (Å²) in [6.45, 7) is 11.8. The summed E-state index contributed by atoms with van der Waals surface area (Å²) in [6.07, 6.45) is 3.72. The van der Waals surface area contributed by atoms with Gasteiger partial charge in [0.2, 0.25) is 0 Å². The van der Waals surface area contributed by atoms with E-state index in [-0.39, 0.29) is 17.1 Å². The molecule has 0 N–H and O–H groups in total. The zero-order valence-corrected chi connectivity index (χ0v) is 17.9. The van der Waals surface area contributed by atoms with Crippen molar-refractivity contribution in [2.75, 3.05) is 6.54 Å². The molecule has 0 spiro atoms. The quantitative estimate of drug-likeness (QED) is 0.457. The van der Waals surface area contributed by atoms with E-state index in [9.17, 15) is 9.18 Å². The molecule has 0 aliphatic rings. The van der Waals surface area contributed by atoms with Crippen LogP contribution in [0.25, 0.3) is 0 Å². The van der Waals surface area contributed by atoms with E-state index in [0.29, 0.717) is 25.2 Å². The molecule has 0 fully saturated rings. The van der Waals surface area contributed by atoms with Gasteiger partial charge in [-0.1, -0.05) is 51.1 Å². The lowest BCUT2D eigenvalue weighted by atomic mass is 9.86. The zero-order chi connectivity index (χ0) is 21.7. The Kier molecular flexibility index (Phi) is 6.56. The molecular formula is C26H29FN2O. The maximum Gasteiger partial charge on any atom is 0.254 e. The average Bonchev–Trinajstić information content (AvgIpc) is 3.15. The predicted molar refractivity (Wildman–Crippen MR) is 120 cm³/mol. The summed E-state index contributed by atoms with van der Waals surface area (Å²) in [7, 11) is 0. The lowest BCUT2D eigenvalue weighted by molar-refractivity contribution is 0.0759. The number of aromatic nitrogens is 1. The molecule has 0 saturated heterocycles. The van der Waals surface area contributed by atoms with Crippen LogP contribution in [0.5, 0.6) is 0 Å². The van der Waals surface area contributed by atoms with E-state index in [2.05, 4.69) is 31.9 Å². The Balaban J connectivity index is 1.77. The Labute approximate surface area is 178 Å². The van der Waals surface area contributed by atoms with E-state index < -0.39 is 0 Å². The van der Waals surface area contributed by atoms with Gasteiger partial charge in [0, 0.05) is 30.5 Å². The van der Waals surface area contributed by atoms with Crippen LogP contribution in [0.4, 0.5) is 4.39 Å². The topological polar surface area (TPSA) is 25.2 Å². The van der Waals surface area contributed by atoms with Crippen LogP contribution >= 0.6 is 0 Å². The highest BCUT2D eigenvalue weighted by Crippen LogP contribution is 2.23. The molecule has 0 radical (unpaired) electrons. The minimum atomic E-state index is -0.244. The molecule has 0 aliphatic heterocycles. The molecule has 1 heterocycles. The first-order valence-corrected chi connectivity index (χ1v) is 10.2. The first kappa shape index (κ1) is 21.6. The predicted octanol–water partition coefficient (Wildman–Crippen LogP) is 5.80. The number of benzene rings is 2. The van der Waals surface area contributed by atoms with Gasteiger partial charge in [-0.2, -0.15) is 0 Å². The summed E-state index contributed by atoms with van der Waals surface area (Å²) >= 11 is 0. The monoisotopic (exact) mass is 404 g/mol. The number of nitrogens with zero attached hydrogens (tertiary/aromatic N) is 2. The average molecular weight is 405 g/mol. The molecule has 0 saturated carbocycles. The summed E-state index contributed by atoms with van der Waals surface area (Å²) in [5, 5.41) is 0. The van der Waals surface area contributed by atoms with Gasteiger partial charge < -0.3 is 9.47 Å². The second-order valence-corrected chi connectivity index (χ2v) is 8.56. The van der Waals surface area contributed by atoms with Crippen LogP contribution in [-0.2, 0) is 18.5 Å². The number of carbonyl (C=O) groups is 1. The summed E-state index contributed by atoms with van der Waals surface area (Å²) in [5.41, 5.74) is 3.93.